The normalized spacial score (nSPS) is 20.6. The summed E-state index contributed by atoms with van der Waals surface area (Å²) in [4.78, 5) is 37.1. The first kappa shape index (κ1) is 17.8. The van der Waals surface area contributed by atoms with Gasteiger partial charge in [-0.1, -0.05) is 13.8 Å². The summed E-state index contributed by atoms with van der Waals surface area (Å²) in [7, 11) is 0. The van der Waals surface area contributed by atoms with Gasteiger partial charge < -0.3 is 9.80 Å². The number of carbonyl (C=O) groups is 2. The maximum Gasteiger partial charge on any atom is 0.223 e. The molecule has 2 aliphatic rings. The van der Waals surface area contributed by atoms with Gasteiger partial charge in [-0.25, -0.2) is 9.97 Å². The van der Waals surface area contributed by atoms with Crippen LogP contribution < -0.4 is 0 Å². The van der Waals surface area contributed by atoms with Crippen LogP contribution in [0.25, 0.3) is 0 Å². The van der Waals surface area contributed by atoms with Crippen molar-refractivity contribution < 1.29 is 9.59 Å². The van der Waals surface area contributed by atoms with Crippen molar-refractivity contribution in [2.24, 2.45) is 5.92 Å². The molecule has 0 radical (unpaired) electrons. The van der Waals surface area contributed by atoms with E-state index in [4.69, 9.17) is 4.98 Å². The minimum Gasteiger partial charge on any atom is -0.342 e. The van der Waals surface area contributed by atoms with E-state index in [0.29, 0.717) is 25.4 Å². The second kappa shape index (κ2) is 7.50. The fraction of sp³-hybridized carbons (Fsp3) is 0.684. The highest BCUT2D eigenvalue weighted by Crippen LogP contribution is 2.26. The molecule has 1 saturated heterocycles. The van der Waals surface area contributed by atoms with Crippen molar-refractivity contribution in [2.45, 2.75) is 58.9 Å². The van der Waals surface area contributed by atoms with Gasteiger partial charge in [0.15, 0.2) is 0 Å². The molecule has 2 aliphatic heterocycles. The van der Waals surface area contributed by atoms with Crippen LogP contribution in [0.1, 0.15) is 63.0 Å². The summed E-state index contributed by atoms with van der Waals surface area (Å²) in [6, 6.07) is 0. The smallest absolute Gasteiger partial charge is 0.223 e. The third kappa shape index (κ3) is 4.17. The highest BCUT2D eigenvalue weighted by molar-refractivity contribution is 5.76. The number of rotatable bonds is 3. The van der Waals surface area contributed by atoms with Crippen molar-refractivity contribution in [1.82, 2.24) is 19.8 Å². The van der Waals surface area contributed by atoms with Crippen LogP contribution in [0.3, 0.4) is 0 Å². The molecule has 3 rings (SSSR count). The van der Waals surface area contributed by atoms with E-state index < -0.39 is 0 Å². The van der Waals surface area contributed by atoms with Crippen LogP contribution in [0, 0.1) is 5.92 Å². The number of fused-ring (bicyclic) bond motifs is 1. The van der Waals surface area contributed by atoms with Crippen molar-refractivity contribution in [3.63, 3.8) is 0 Å². The molecule has 1 aromatic heterocycles. The molecule has 1 aromatic rings. The maximum absolute atomic E-state index is 12.3. The van der Waals surface area contributed by atoms with Gasteiger partial charge in [0.25, 0.3) is 0 Å². The van der Waals surface area contributed by atoms with Gasteiger partial charge in [0.1, 0.15) is 5.82 Å². The number of hydrogen-bond donors (Lipinski definition) is 0. The predicted molar refractivity (Wildman–Crippen MR) is 94.8 cm³/mol. The van der Waals surface area contributed by atoms with E-state index in [1.807, 2.05) is 16.0 Å². The molecule has 1 fully saturated rings. The topological polar surface area (TPSA) is 66.4 Å². The van der Waals surface area contributed by atoms with Gasteiger partial charge in [0, 0.05) is 63.6 Å². The summed E-state index contributed by atoms with van der Waals surface area (Å²) < 4.78 is 0. The Bertz CT molecular complexity index is 659. The number of carbonyl (C=O) groups excluding carboxylic acids is 2. The van der Waals surface area contributed by atoms with Crippen molar-refractivity contribution in [2.75, 3.05) is 19.6 Å². The predicted octanol–water partition coefficient (Wildman–Crippen LogP) is 2.13. The van der Waals surface area contributed by atoms with E-state index in [9.17, 15) is 9.59 Å². The summed E-state index contributed by atoms with van der Waals surface area (Å²) in [5.41, 5.74) is 2.13. The lowest BCUT2D eigenvalue weighted by atomic mass is 9.96. The van der Waals surface area contributed by atoms with Crippen LogP contribution in [0.4, 0.5) is 0 Å². The van der Waals surface area contributed by atoms with E-state index in [1.54, 1.807) is 6.92 Å². The average Bonchev–Trinajstić information content (AvgIpc) is 2.60. The molecule has 0 aromatic carbocycles. The second-order valence-electron chi connectivity index (χ2n) is 7.67. The molecule has 6 nitrogen and oxygen atoms in total. The van der Waals surface area contributed by atoms with Gasteiger partial charge in [-0.3, -0.25) is 9.59 Å². The van der Waals surface area contributed by atoms with Crippen molar-refractivity contribution in [1.29, 1.82) is 0 Å². The number of amides is 2. The van der Waals surface area contributed by atoms with E-state index >= 15 is 0 Å². The van der Waals surface area contributed by atoms with Gasteiger partial charge in [-0.05, 0) is 18.8 Å². The fourth-order valence-electron chi connectivity index (χ4n) is 3.69. The molecule has 136 valence electrons. The zero-order valence-corrected chi connectivity index (χ0v) is 15.5. The first-order valence-electron chi connectivity index (χ1n) is 9.32. The number of hydrogen-bond acceptors (Lipinski definition) is 4. The number of likely N-dealkylation sites (tertiary alicyclic amines) is 1. The molecule has 0 saturated carbocycles. The summed E-state index contributed by atoms with van der Waals surface area (Å²) in [6.45, 7) is 8.67. The van der Waals surface area contributed by atoms with Crippen LogP contribution in [-0.2, 0) is 22.6 Å². The van der Waals surface area contributed by atoms with E-state index in [-0.39, 0.29) is 17.7 Å². The maximum atomic E-state index is 12.3. The van der Waals surface area contributed by atoms with Crippen molar-refractivity contribution >= 4 is 11.8 Å². The van der Waals surface area contributed by atoms with E-state index in [2.05, 4.69) is 18.8 Å². The standard InChI is InChI=1S/C19H28N4O2/c1-13(2)9-18(25)23-8-6-17-16(12-23)10-20-19(21-17)15-5-4-7-22(11-15)14(3)24/h10,13,15H,4-9,11-12H2,1-3H3. The third-order valence-electron chi connectivity index (χ3n) is 5.12. The molecular formula is C19H28N4O2. The summed E-state index contributed by atoms with van der Waals surface area (Å²) in [5.74, 6) is 1.80. The van der Waals surface area contributed by atoms with Crippen LogP contribution in [0.2, 0.25) is 0 Å². The van der Waals surface area contributed by atoms with Crippen molar-refractivity contribution in [3.8, 4) is 0 Å². The second-order valence-corrected chi connectivity index (χ2v) is 7.67. The van der Waals surface area contributed by atoms with E-state index in [0.717, 1.165) is 49.4 Å². The van der Waals surface area contributed by atoms with Gasteiger partial charge in [0.2, 0.25) is 11.8 Å². The lowest BCUT2D eigenvalue weighted by Gasteiger charge is -2.32. The van der Waals surface area contributed by atoms with Gasteiger partial charge in [-0.15, -0.1) is 0 Å². The molecular weight excluding hydrogens is 316 g/mol. The molecule has 1 unspecified atom stereocenters. The number of piperidine rings is 1. The SMILES string of the molecule is CC(=O)N1CCCC(c2ncc3c(n2)CCN(C(=O)CC(C)C)C3)C1. The van der Waals surface area contributed by atoms with E-state index in [1.165, 1.54) is 0 Å². The molecule has 6 heteroatoms. The lowest BCUT2D eigenvalue weighted by molar-refractivity contribution is -0.133. The first-order chi connectivity index (χ1) is 11.9. The highest BCUT2D eigenvalue weighted by atomic mass is 16.2. The van der Waals surface area contributed by atoms with Crippen LogP contribution in [-0.4, -0.2) is 51.2 Å². The number of nitrogens with zero attached hydrogens (tertiary/aromatic N) is 4. The summed E-state index contributed by atoms with van der Waals surface area (Å²) in [5, 5.41) is 0. The number of aromatic nitrogens is 2. The van der Waals surface area contributed by atoms with Gasteiger partial charge in [0.05, 0.1) is 5.69 Å². The van der Waals surface area contributed by atoms with Gasteiger partial charge in [-0.2, -0.15) is 0 Å². The Morgan fingerprint density at radius 3 is 2.80 bits per heavy atom. The molecule has 0 aliphatic carbocycles. The molecule has 3 heterocycles. The van der Waals surface area contributed by atoms with Gasteiger partial charge >= 0.3 is 0 Å². The highest BCUT2D eigenvalue weighted by Gasteiger charge is 2.27. The molecule has 0 N–H and O–H groups in total. The summed E-state index contributed by atoms with van der Waals surface area (Å²) >= 11 is 0. The van der Waals surface area contributed by atoms with Crippen LogP contribution >= 0.6 is 0 Å². The summed E-state index contributed by atoms with van der Waals surface area (Å²) in [6.07, 6.45) is 5.30. The minimum atomic E-state index is 0.127. The van der Waals surface area contributed by atoms with Crippen molar-refractivity contribution in [3.05, 3.63) is 23.3 Å². The Hall–Kier alpha value is -1.98. The Morgan fingerprint density at radius 1 is 1.28 bits per heavy atom. The molecule has 25 heavy (non-hydrogen) atoms. The minimum absolute atomic E-state index is 0.127. The quantitative estimate of drug-likeness (QED) is 0.842. The molecule has 1 atom stereocenters. The van der Waals surface area contributed by atoms with Crippen LogP contribution in [0.15, 0.2) is 6.20 Å². The Labute approximate surface area is 149 Å². The molecule has 0 bridgehead atoms. The lowest BCUT2D eigenvalue weighted by Crippen LogP contribution is -2.39. The Balaban J connectivity index is 1.70. The Morgan fingerprint density at radius 2 is 2.08 bits per heavy atom. The van der Waals surface area contributed by atoms with Crippen LogP contribution in [0.5, 0.6) is 0 Å². The molecule has 2 amide bonds. The first-order valence-corrected chi connectivity index (χ1v) is 9.32. The zero-order chi connectivity index (χ0) is 18.0. The largest absolute Gasteiger partial charge is 0.342 e. The monoisotopic (exact) mass is 344 g/mol. The Kier molecular flexibility index (Phi) is 5.35. The zero-order valence-electron chi connectivity index (χ0n) is 15.5. The fourth-order valence-corrected chi connectivity index (χ4v) is 3.69. The molecule has 0 spiro atoms. The average molecular weight is 344 g/mol. The third-order valence-corrected chi connectivity index (χ3v) is 5.12.